The quantitative estimate of drug-likeness (QED) is 0.278. The second kappa shape index (κ2) is 12.0. The van der Waals surface area contributed by atoms with Crippen molar-refractivity contribution in [2.75, 3.05) is 50.7 Å². The van der Waals surface area contributed by atoms with Crippen LogP contribution >= 0.6 is 24.0 Å². The van der Waals surface area contributed by atoms with E-state index >= 15 is 0 Å². The number of carbonyl (C=O) groups is 1. The van der Waals surface area contributed by atoms with Crippen molar-refractivity contribution in [3.8, 4) is 0 Å². The third kappa shape index (κ3) is 7.51. The SMILES string of the molecule is CCNC(=NCCNC(=O)C(C)C)N1CCN(c2ccc(F)cc2)CC1.I. The van der Waals surface area contributed by atoms with Crippen LogP contribution in [0.25, 0.3) is 0 Å². The maximum Gasteiger partial charge on any atom is 0.222 e. The predicted molar refractivity (Wildman–Crippen MR) is 119 cm³/mol. The summed E-state index contributed by atoms with van der Waals surface area (Å²) in [6.07, 6.45) is 0. The van der Waals surface area contributed by atoms with Crippen molar-refractivity contribution in [2.24, 2.45) is 10.9 Å². The van der Waals surface area contributed by atoms with E-state index in [1.165, 1.54) is 12.1 Å². The van der Waals surface area contributed by atoms with Crippen LogP contribution in [-0.4, -0.2) is 62.6 Å². The van der Waals surface area contributed by atoms with Gasteiger partial charge in [0.15, 0.2) is 5.96 Å². The Balaban J connectivity index is 0.00000364. The molecule has 1 fully saturated rings. The summed E-state index contributed by atoms with van der Waals surface area (Å²) in [5.41, 5.74) is 1.05. The zero-order valence-corrected chi connectivity index (χ0v) is 18.7. The first kappa shape index (κ1) is 23.5. The van der Waals surface area contributed by atoms with Gasteiger partial charge in [0.05, 0.1) is 6.54 Å². The number of nitrogens with one attached hydrogen (secondary N) is 2. The highest BCUT2D eigenvalue weighted by Gasteiger charge is 2.19. The molecule has 27 heavy (non-hydrogen) atoms. The molecule has 2 rings (SSSR count). The number of carbonyl (C=O) groups excluding carboxylic acids is 1. The van der Waals surface area contributed by atoms with E-state index in [0.717, 1.165) is 44.4 Å². The van der Waals surface area contributed by atoms with Crippen LogP contribution in [0.5, 0.6) is 0 Å². The number of amides is 1. The minimum absolute atomic E-state index is 0. The molecule has 1 aliphatic rings. The molecule has 1 aliphatic heterocycles. The van der Waals surface area contributed by atoms with Crippen molar-refractivity contribution in [3.05, 3.63) is 30.1 Å². The highest BCUT2D eigenvalue weighted by molar-refractivity contribution is 14.0. The standard InChI is InChI=1S/C19H30FN5O.HI/c1-4-21-19(23-10-9-22-18(26)15(2)3)25-13-11-24(12-14-25)17-7-5-16(20)6-8-17;/h5-8,15H,4,9-14H2,1-3H3,(H,21,23)(H,22,26);1H. The highest BCUT2D eigenvalue weighted by Crippen LogP contribution is 2.16. The number of anilines is 1. The Labute approximate surface area is 178 Å². The zero-order chi connectivity index (χ0) is 18.9. The molecular weight excluding hydrogens is 460 g/mol. The minimum atomic E-state index is -0.210. The van der Waals surface area contributed by atoms with E-state index in [4.69, 9.17) is 0 Å². The molecule has 1 saturated heterocycles. The lowest BCUT2D eigenvalue weighted by molar-refractivity contribution is -0.123. The number of halogens is 2. The second-order valence-corrected chi connectivity index (χ2v) is 6.63. The van der Waals surface area contributed by atoms with Gasteiger partial charge >= 0.3 is 0 Å². The fourth-order valence-corrected chi connectivity index (χ4v) is 2.80. The van der Waals surface area contributed by atoms with E-state index < -0.39 is 0 Å². The number of piperazine rings is 1. The molecule has 1 aromatic rings. The molecule has 0 radical (unpaired) electrons. The Morgan fingerprint density at radius 2 is 1.78 bits per heavy atom. The molecular formula is C19H31FIN5O. The average molecular weight is 491 g/mol. The second-order valence-electron chi connectivity index (χ2n) is 6.63. The fraction of sp³-hybridized carbons (Fsp3) is 0.579. The molecule has 0 bridgehead atoms. The van der Waals surface area contributed by atoms with E-state index in [-0.39, 0.29) is 41.6 Å². The van der Waals surface area contributed by atoms with Crippen LogP contribution in [-0.2, 0) is 4.79 Å². The number of nitrogens with zero attached hydrogens (tertiary/aromatic N) is 3. The van der Waals surface area contributed by atoms with Crippen LogP contribution < -0.4 is 15.5 Å². The summed E-state index contributed by atoms with van der Waals surface area (Å²) < 4.78 is 13.1. The molecule has 0 unspecified atom stereocenters. The molecule has 0 atom stereocenters. The van der Waals surface area contributed by atoms with Gasteiger partial charge in [0.2, 0.25) is 5.91 Å². The number of benzene rings is 1. The fourth-order valence-electron chi connectivity index (χ4n) is 2.80. The minimum Gasteiger partial charge on any atom is -0.368 e. The summed E-state index contributed by atoms with van der Waals surface area (Å²) in [4.78, 5) is 20.7. The first-order valence-corrected chi connectivity index (χ1v) is 9.32. The van der Waals surface area contributed by atoms with Crippen LogP contribution in [0.3, 0.4) is 0 Å². The number of aliphatic imine (C=N–C) groups is 1. The van der Waals surface area contributed by atoms with Crippen LogP contribution in [0, 0.1) is 11.7 Å². The van der Waals surface area contributed by atoms with Gasteiger partial charge in [-0.25, -0.2) is 4.39 Å². The molecule has 152 valence electrons. The van der Waals surface area contributed by atoms with E-state index in [1.807, 2.05) is 32.9 Å². The molecule has 6 nitrogen and oxygen atoms in total. The Bertz CT molecular complexity index is 601. The Kier molecular flexibility index (Phi) is 10.4. The molecule has 0 spiro atoms. The van der Waals surface area contributed by atoms with Gasteiger partial charge in [0.1, 0.15) is 5.82 Å². The highest BCUT2D eigenvalue weighted by atomic mass is 127. The third-order valence-corrected chi connectivity index (χ3v) is 4.30. The number of hydrogen-bond donors (Lipinski definition) is 2. The summed E-state index contributed by atoms with van der Waals surface area (Å²) in [5.74, 6) is 0.716. The summed E-state index contributed by atoms with van der Waals surface area (Å²) in [6, 6.07) is 6.64. The van der Waals surface area contributed by atoms with Crippen LogP contribution in [0.1, 0.15) is 20.8 Å². The van der Waals surface area contributed by atoms with Gasteiger partial charge in [-0.2, -0.15) is 0 Å². The molecule has 0 aromatic heterocycles. The lowest BCUT2D eigenvalue weighted by Gasteiger charge is -2.37. The van der Waals surface area contributed by atoms with Crippen LogP contribution in [0.2, 0.25) is 0 Å². The predicted octanol–water partition coefficient (Wildman–Crippen LogP) is 2.30. The smallest absolute Gasteiger partial charge is 0.222 e. The van der Waals surface area contributed by atoms with Gasteiger partial charge in [0, 0.05) is 50.9 Å². The maximum absolute atomic E-state index is 13.1. The Morgan fingerprint density at radius 3 is 2.33 bits per heavy atom. The number of hydrogen-bond acceptors (Lipinski definition) is 3. The molecule has 1 aromatic carbocycles. The summed E-state index contributed by atoms with van der Waals surface area (Å²) in [5, 5.41) is 6.20. The van der Waals surface area contributed by atoms with Crippen molar-refractivity contribution in [2.45, 2.75) is 20.8 Å². The third-order valence-electron chi connectivity index (χ3n) is 4.30. The van der Waals surface area contributed by atoms with Crippen LogP contribution in [0.4, 0.5) is 10.1 Å². The summed E-state index contributed by atoms with van der Waals surface area (Å²) in [6.45, 7) is 11.1. The monoisotopic (exact) mass is 491 g/mol. The Hall–Kier alpha value is -1.58. The zero-order valence-electron chi connectivity index (χ0n) is 16.4. The molecule has 1 amide bonds. The summed E-state index contributed by atoms with van der Waals surface area (Å²) in [7, 11) is 0. The van der Waals surface area contributed by atoms with Crippen molar-refractivity contribution >= 4 is 41.5 Å². The largest absolute Gasteiger partial charge is 0.368 e. The van der Waals surface area contributed by atoms with Crippen molar-refractivity contribution < 1.29 is 9.18 Å². The van der Waals surface area contributed by atoms with Gasteiger partial charge < -0.3 is 20.4 Å². The molecule has 2 N–H and O–H groups in total. The van der Waals surface area contributed by atoms with E-state index in [9.17, 15) is 9.18 Å². The molecule has 0 aliphatic carbocycles. The number of rotatable bonds is 6. The average Bonchev–Trinajstić information content (AvgIpc) is 2.65. The van der Waals surface area contributed by atoms with E-state index in [1.54, 1.807) is 0 Å². The Morgan fingerprint density at radius 1 is 1.15 bits per heavy atom. The van der Waals surface area contributed by atoms with E-state index in [2.05, 4.69) is 25.4 Å². The normalized spacial score (nSPS) is 14.8. The maximum atomic E-state index is 13.1. The molecule has 8 heteroatoms. The van der Waals surface area contributed by atoms with Crippen molar-refractivity contribution in [3.63, 3.8) is 0 Å². The first-order valence-electron chi connectivity index (χ1n) is 9.32. The topological polar surface area (TPSA) is 60.0 Å². The van der Waals surface area contributed by atoms with Crippen LogP contribution in [0.15, 0.2) is 29.3 Å². The number of guanidine groups is 1. The van der Waals surface area contributed by atoms with E-state index in [0.29, 0.717) is 13.1 Å². The summed E-state index contributed by atoms with van der Waals surface area (Å²) >= 11 is 0. The van der Waals surface area contributed by atoms with Crippen molar-refractivity contribution in [1.82, 2.24) is 15.5 Å². The van der Waals surface area contributed by atoms with Gasteiger partial charge in [0.25, 0.3) is 0 Å². The van der Waals surface area contributed by atoms with Crippen molar-refractivity contribution in [1.29, 1.82) is 0 Å². The van der Waals surface area contributed by atoms with Gasteiger partial charge in [-0.15, -0.1) is 24.0 Å². The lowest BCUT2D eigenvalue weighted by atomic mass is 10.2. The van der Waals surface area contributed by atoms with Gasteiger partial charge in [-0.3, -0.25) is 9.79 Å². The molecule has 0 saturated carbocycles. The van der Waals surface area contributed by atoms with Gasteiger partial charge in [-0.05, 0) is 31.2 Å². The molecule has 1 heterocycles. The van der Waals surface area contributed by atoms with Gasteiger partial charge in [-0.1, -0.05) is 13.8 Å². The lowest BCUT2D eigenvalue weighted by Crippen LogP contribution is -2.52. The first-order chi connectivity index (χ1) is 12.5.